The minimum absolute atomic E-state index is 0.000508. The van der Waals surface area contributed by atoms with E-state index in [1.165, 1.54) is 32.7 Å². The Bertz CT molecular complexity index is 405. The highest BCUT2D eigenvalue weighted by Gasteiger charge is 2.33. The van der Waals surface area contributed by atoms with Gasteiger partial charge in [0.15, 0.2) is 0 Å². The third-order valence-corrected chi connectivity index (χ3v) is 5.50. The summed E-state index contributed by atoms with van der Waals surface area (Å²) in [5.74, 6) is 0.104. The van der Waals surface area contributed by atoms with Crippen LogP contribution in [0.1, 0.15) is 46.5 Å². The number of carbonyl (C=O) groups excluding carboxylic acids is 1. The molecule has 2 bridgehead atoms. The maximum Gasteiger partial charge on any atom is 0.309 e. The van der Waals surface area contributed by atoms with Gasteiger partial charge < -0.3 is 10.1 Å². The number of rotatable bonds is 4. The minimum Gasteiger partial charge on any atom is -0.460 e. The van der Waals surface area contributed by atoms with Crippen LogP contribution in [0.25, 0.3) is 0 Å². The monoisotopic (exact) mass is 323 g/mol. The van der Waals surface area contributed by atoms with E-state index >= 15 is 0 Å². The molecular weight excluding hydrogens is 290 g/mol. The third-order valence-electron chi connectivity index (χ3n) is 5.50. The fraction of sp³-hybridized carbons (Fsp3) is 0.944. The van der Waals surface area contributed by atoms with Crippen molar-refractivity contribution >= 4 is 5.97 Å². The smallest absolute Gasteiger partial charge is 0.309 e. The lowest BCUT2D eigenvalue weighted by Gasteiger charge is -2.48. The number of nitrogens with zero attached hydrogens (tertiary/aromatic N) is 2. The molecule has 0 radical (unpaired) electrons. The molecule has 0 spiro atoms. The van der Waals surface area contributed by atoms with Gasteiger partial charge in [-0.1, -0.05) is 0 Å². The van der Waals surface area contributed by atoms with Gasteiger partial charge >= 0.3 is 5.97 Å². The Morgan fingerprint density at radius 2 is 1.74 bits per heavy atom. The summed E-state index contributed by atoms with van der Waals surface area (Å²) in [6.07, 6.45) is 4.13. The lowest BCUT2D eigenvalue weighted by molar-refractivity contribution is -0.161. The highest BCUT2D eigenvalue weighted by molar-refractivity contribution is 5.73. The first kappa shape index (κ1) is 17.2. The van der Waals surface area contributed by atoms with Crippen molar-refractivity contribution in [3.63, 3.8) is 0 Å². The zero-order valence-electron chi connectivity index (χ0n) is 15.0. The van der Waals surface area contributed by atoms with Crippen LogP contribution in [0.4, 0.5) is 0 Å². The van der Waals surface area contributed by atoms with Crippen LogP contribution < -0.4 is 5.32 Å². The van der Waals surface area contributed by atoms with Gasteiger partial charge in [-0.05, 0) is 46.5 Å². The van der Waals surface area contributed by atoms with Crippen LogP contribution in [0, 0.1) is 5.92 Å². The molecule has 1 N–H and O–H groups in total. The quantitative estimate of drug-likeness (QED) is 0.794. The van der Waals surface area contributed by atoms with Gasteiger partial charge in [0.25, 0.3) is 0 Å². The second-order valence-corrected chi connectivity index (χ2v) is 8.48. The molecule has 3 heterocycles. The summed E-state index contributed by atoms with van der Waals surface area (Å²) < 4.78 is 5.53. The predicted octanol–water partition coefficient (Wildman–Crippen LogP) is 1.48. The predicted molar refractivity (Wildman–Crippen MR) is 91.4 cm³/mol. The average molecular weight is 323 g/mol. The minimum atomic E-state index is -0.365. The molecule has 0 aromatic carbocycles. The van der Waals surface area contributed by atoms with Gasteiger partial charge in [0.05, 0.1) is 5.92 Å². The number of ether oxygens (including phenoxy) is 1. The maximum atomic E-state index is 12.2. The van der Waals surface area contributed by atoms with Crippen molar-refractivity contribution < 1.29 is 9.53 Å². The van der Waals surface area contributed by atoms with Gasteiger partial charge in [0, 0.05) is 51.4 Å². The van der Waals surface area contributed by atoms with Gasteiger partial charge in [0.2, 0.25) is 0 Å². The van der Waals surface area contributed by atoms with Crippen molar-refractivity contribution in [2.24, 2.45) is 5.92 Å². The van der Waals surface area contributed by atoms with Crippen LogP contribution in [0.3, 0.4) is 0 Å². The number of nitrogens with one attached hydrogen (secondary N) is 1. The molecule has 0 amide bonds. The molecule has 4 fully saturated rings. The summed E-state index contributed by atoms with van der Waals surface area (Å²) in [6.45, 7) is 13.1. The Kier molecular flexibility index (Phi) is 5.29. The standard InChI is InChI=1S/C18H33N3O2/c1-18(2,3)23-17(22)14-4-6-15(7-5-14)19-12-16-13-20-8-10-21(16)11-9-20/h14-16,19H,4-13H2,1-3H3/t14?,15?,16-/m1/s1. The Morgan fingerprint density at radius 3 is 2.26 bits per heavy atom. The Morgan fingerprint density at radius 1 is 1.09 bits per heavy atom. The number of fused-ring (bicyclic) bond motifs is 3. The topological polar surface area (TPSA) is 44.8 Å². The summed E-state index contributed by atoms with van der Waals surface area (Å²) in [5.41, 5.74) is -0.365. The van der Waals surface area contributed by atoms with Crippen molar-refractivity contribution in [2.45, 2.75) is 64.1 Å². The van der Waals surface area contributed by atoms with Gasteiger partial charge in [-0.2, -0.15) is 0 Å². The Labute approximate surface area is 140 Å². The molecule has 1 saturated carbocycles. The molecule has 0 aromatic heterocycles. The van der Waals surface area contributed by atoms with E-state index in [1.807, 2.05) is 20.8 Å². The number of esters is 1. The fourth-order valence-electron chi connectivity index (χ4n) is 4.14. The van der Waals surface area contributed by atoms with Crippen LogP contribution in [-0.2, 0) is 9.53 Å². The normalized spacial score (nSPS) is 37.6. The molecule has 132 valence electrons. The molecule has 4 aliphatic rings. The van der Waals surface area contributed by atoms with E-state index in [2.05, 4.69) is 15.1 Å². The summed E-state index contributed by atoms with van der Waals surface area (Å²) in [4.78, 5) is 17.4. The molecule has 1 atom stereocenters. The fourth-order valence-corrected chi connectivity index (χ4v) is 4.14. The summed E-state index contributed by atoms with van der Waals surface area (Å²) in [6, 6.07) is 1.26. The van der Waals surface area contributed by atoms with Crippen molar-refractivity contribution in [3.8, 4) is 0 Å². The number of carbonyl (C=O) groups is 1. The maximum absolute atomic E-state index is 12.2. The number of hydrogen-bond acceptors (Lipinski definition) is 5. The van der Waals surface area contributed by atoms with Crippen LogP contribution in [0.15, 0.2) is 0 Å². The summed E-state index contributed by atoms with van der Waals surface area (Å²) in [7, 11) is 0. The molecule has 5 heteroatoms. The van der Waals surface area contributed by atoms with E-state index in [9.17, 15) is 4.79 Å². The third kappa shape index (κ3) is 4.68. The van der Waals surface area contributed by atoms with Crippen LogP contribution in [0.2, 0.25) is 0 Å². The van der Waals surface area contributed by atoms with Gasteiger partial charge in [-0.25, -0.2) is 0 Å². The summed E-state index contributed by atoms with van der Waals surface area (Å²) >= 11 is 0. The second-order valence-electron chi connectivity index (χ2n) is 8.48. The molecule has 0 aromatic rings. The lowest BCUT2D eigenvalue weighted by atomic mass is 9.86. The van der Waals surface area contributed by atoms with Gasteiger partial charge in [0.1, 0.15) is 5.60 Å². The molecule has 3 saturated heterocycles. The lowest BCUT2D eigenvalue weighted by Crippen LogP contribution is -2.63. The Balaban J connectivity index is 1.37. The molecule has 4 rings (SSSR count). The van der Waals surface area contributed by atoms with Crippen molar-refractivity contribution in [3.05, 3.63) is 0 Å². The van der Waals surface area contributed by atoms with Gasteiger partial charge in [-0.3, -0.25) is 14.6 Å². The highest BCUT2D eigenvalue weighted by atomic mass is 16.6. The van der Waals surface area contributed by atoms with Crippen LogP contribution >= 0.6 is 0 Å². The molecule has 5 nitrogen and oxygen atoms in total. The molecule has 3 aliphatic heterocycles. The SMILES string of the molecule is CC(C)(C)OC(=O)C1CCC(NC[C@@H]2CN3CCN2CC3)CC1. The molecule has 23 heavy (non-hydrogen) atoms. The zero-order valence-corrected chi connectivity index (χ0v) is 15.0. The average Bonchev–Trinajstić information content (AvgIpc) is 2.53. The highest BCUT2D eigenvalue weighted by Crippen LogP contribution is 2.27. The van der Waals surface area contributed by atoms with Crippen molar-refractivity contribution in [1.29, 1.82) is 0 Å². The van der Waals surface area contributed by atoms with E-state index in [0.717, 1.165) is 32.2 Å². The number of hydrogen-bond donors (Lipinski definition) is 1. The molecule has 0 unspecified atom stereocenters. The Hall–Kier alpha value is -0.650. The second kappa shape index (κ2) is 7.08. The first-order valence-electron chi connectivity index (χ1n) is 9.33. The van der Waals surface area contributed by atoms with Crippen molar-refractivity contribution in [2.75, 3.05) is 39.3 Å². The summed E-state index contributed by atoms with van der Waals surface area (Å²) in [5, 5.41) is 3.76. The first-order chi connectivity index (χ1) is 10.9. The van der Waals surface area contributed by atoms with E-state index in [1.54, 1.807) is 0 Å². The largest absolute Gasteiger partial charge is 0.460 e. The van der Waals surface area contributed by atoms with E-state index in [4.69, 9.17) is 4.74 Å². The van der Waals surface area contributed by atoms with Crippen molar-refractivity contribution in [1.82, 2.24) is 15.1 Å². The molecule has 1 aliphatic carbocycles. The first-order valence-corrected chi connectivity index (χ1v) is 9.33. The molecular formula is C18H33N3O2. The van der Waals surface area contributed by atoms with E-state index in [0.29, 0.717) is 12.1 Å². The van der Waals surface area contributed by atoms with E-state index in [-0.39, 0.29) is 17.5 Å². The number of piperazine rings is 3. The zero-order chi connectivity index (χ0) is 16.4. The van der Waals surface area contributed by atoms with E-state index < -0.39 is 0 Å². The van der Waals surface area contributed by atoms with Crippen LogP contribution in [-0.4, -0.2) is 72.7 Å². The van der Waals surface area contributed by atoms with Crippen LogP contribution in [0.5, 0.6) is 0 Å². The van der Waals surface area contributed by atoms with Gasteiger partial charge in [-0.15, -0.1) is 0 Å².